The molecule has 0 heterocycles. The molecule has 0 radical (unpaired) electrons. The van der Waals surface area contributed by atoms with E-state index in [2.05, 4.69) is 36.5 Å². The second kappa shape index (κ2) is 6.65. The smallest absolute Gasteiger partial charge is 0.119 e. The minimum absolute atomic E-state index is 0.810. The summed E-state index contributed by atoms with van der Waals surface area (Å²) in [5.41, 5.74) is 1.41. The fourth-order valence-corrected chi connectivity index (χ4v) is 1.86. The lowest BCUT2D eigenvalue weighted by atomic mass is 10.1. The minimum atomic E-state index is 0.810. The van der Waals surface area contributed by atoms with Crippen molar-refractivity contribution < 1.29 is 4.74 Å². The van der Waals surface area contributed by atoms with Crippen LogP contribution in [0.1, 0.15) is 38.2 Å². The van der Waals surface area contributed by atoms with Gasteiger partial charge in [0.15, 0.2) is 0 Å². The van der Waals surface area contributed by atoms with E-state index in [9.17, 15) is 0 Å². The van der Waals surface area contributed by atoms with Gasteiger partial charge in [0.25, 0.3) is 0 Å². The van der Waals surface area contributed by atoms with E-state index in [1.807, 2.05) is 0 Å². The Hall–Kier alpha value is -1.02. The van der Waals surface area contributed by atoms with Crippen LogP contribution >= 0.6 is 0 Å². The predicted octanol–water partition coefficient (Wildman–Crippen LogP) is 3.16. The molecule has 1 N–H and O–H groups in total. The van der Waals surface area contributed by atoms with Crippen LogP contribution in [0.4, 0.5) is 0 Å². The zero-order chi connectivity index (χ0) is 11.9. The van der Waals surface area contributed by atoms with Gasteiger partial charge in [0.05, 0.1) is 6.61 Å². The zero-order valence-electron chi connectivity index (χ0n) is 10.7. The van der Waals surface area contributed by atoms with Crippen LogP contribution in [-0.4, -0.2) is 19.2 Å². The highest BCUT2D eigenvalue weighted by molar-refractivity contribution is 5.27. The van der Waals surface area contributed by atoms with E-state index in [1.54, 1.807) is 0 Å². The Morgan fingerprint density at radius 3 is 2.65 bits per heavy atom. The first kappa shape index (κ1) is 12.4. The second-order valence-corrected chi connectivity index (χ2v) is 4.82. The molecule has 0 bridgehead atoms. The molecule has 1 aromatic carbocycles. The molecule has 1 aliphatic carbocycles. The summed E-state index contributed by atoms with van der Waals surface area (Å²) in [4.78, 5) is 0. The Balaban J connectivity index is 1.65. The third-order valence-electron chi connectivity index (χ3n) is 3.05. The Bertz CT molecular complexity index is 316. The Morgan fingerprint density at radius 2 is 2.00 bits per heavy atom. The Morgan fingerprint density at radius 1 is 1.24 bits per heavy atom. The lowest BCUT2D eigenvalue weighted by molar-refractivity contribution is 0.317. The highest BCUT2D eigenvalue weighted by atomic mass is 16.5. The average molecular weight is 233 g/mol. The van der Waals surface area contributed by atoms with Gasteiger partial charge in [0.1, 0.15) is 5.75 Å². The molecule has 0 spiro atoms. The molecular weight excluding hydrogens is 210 g/mol. The van der Waals surface area contributed by atoms with Crippen LogP contribution in [0.3, 0.4) is 0 Å². The number of rotatable bonds is 8. The number of nitrogens with one attached hydrogen (secondary N) is 1. The topological polar surface area (TPSA) is 21.3 Å². The molecule has 17 heavy (non-hydrogen) atoms. The first-order valence-electron chi connectivity index (χ1n) is 6.83. The van der Waals surface area contributed by atoms with Crippen LogP contribution in [0.15, 0.2) is 24.3 Å². The third kappa shape index (κ3) is 4.78. The Labute approximate surface area is 104 Å². The summed E-state index contributed by atoms with van der Waals surface area (Å²) < 4.78 is 5.56. The second-order valence-electron chi connectivity index (χ2n) is 4.82. The van der Waals surface area contributed by atoms with Gasteiger partial charge in [-0.1, -0.05) is 19.1 Å². The van der Waals surface area contributed by atoms with Gasteiger partial charge in [0, 0.05) is 6.04 Å². The van der Waals surface area contributed by atoms with Gasteiger partial charge in [-0.15, -0.1) is 0 Å². The fraction of sp³-hybridized carbons (Fsp3) is 0.600. The van der Waals surface area contributed by atoms with E-state index in [1.165, 1.54) is 24.8 Å². The number of hydrogen-bond donors (Lipinski definition) is 1. The van der Waals surface area contributed by atoms with E-state index in [4.69, 9.17) is 4.74 Å². The number of aryl methyl sites for hydroxylation is 1. The quantitative estimate of drug-likeness (QED) is 0.696. The molecule has 1 aromatic rings. The van der Waals surface area contributed by atoms with E-state index in [0.29, 0.717) is 0 Å². The molecule has 2 heteroatoms. The van der Waals surface area contributed by atoms with Crippen LogP contribution < -0.4 is 10.1 Å². The molecular formula is C15H23NO. The molecule has 0 aromatic heterocycles. The predicted molar refractivity (Wildman–Crippen MR) is 71.6 cm³/mol. The van der Waals surface area contributed by atoms with Gasteiger partial charge in [-0.05, 0) is 56.3 Å². The highest BCUT2D eigenvalue weighted by Crippen LogP contribution is 2.18. The summed E-state index contributed by atoms with van der Waals surface area (Å²) >= 11 is 0. The molecule has 1 fully saturated rings. The Kier molecular flexibility index (Phi) is 4.87. The van der Waals surface area contributed by atoms with E-state index in [-0.39, 0.29) is 0 Å². The highest BCUT2D eigenvalue weighted by Gasteiger charge is 2.19. The molecule has 1 saturated carbocycles. The van der Waals surface area contributed by atoms with Gasteiger partial charge >= 0.3 is 0 Å². The molecule has 0 aliphatic heterocycles. The summed E-state index contributed by atoms with van der Waals surface area (Å²) in [6.45, 7) is 4.09. The zero-order valence-corrected chi connectivity index (χ0v) is 10.7. The molecule has 94 valence electrons. The van der Waals surface area contributed by atoms with Gasteiger partial charge in [0.2, 0.25) is 0 Å². The first-order chi connectivity index (χ1) is 8.38. The van der Waals surface area contributed by atoms with Crippen molar-refractivity contribution in [1.29, 1.82) is 0 Å². The van der Waals surface area contributed by atoms with Gasteiger partial charge < -0.3 is 10.1 Å². The third-order valence-corrected chi connectivity index (χ3v) is 3.05. The van der Waals surface area contributed by atoms with E-state index >= 15 is 0 Å². The first-order valence-corrected chi connectivity index (χ1v) is 6.83. The van der Waals surface area contributed by atoms with Gasteiger partial charge in [-0.3, -0.25) is 0 Å². The SMILES string of the molecule is CCCOc1ccc(CCCNC2CC2)cc1. The van der Waals surface area contributed by atoms with Crippen molar-refractivity contribution >= 4 is 0 Å². The van der Waals surface area contributed by atoms with Crippen LogP contribution in [0.25, 0.3) is 0 Å². The standard InChI is InChI=1S/C15H23NO/c1-2-12-17-15-9-5-13(6-10-15)4-3-11-16-14-7-8-14/h5-6,9-10,14,16H,2-4,7-8,11-12H2,1H3. The average Bonchev–Trinajstić information content (AvgIpc) is 3.18. The molecule has 2 rings (SSSR count). The number of ether oxygens (including phenoxy) is 1. The normalized spacial score (nSPS) is 14.9. The van der Waals surface area contributed by atoms with Crippen molar-refractivity contribution in [3.8, 4) is 5.75 Å². The monoisotopic (exact) mass is 233 g/mol. The molecule has 0 amide bonds. The summed E-state index contributed by atoms with van der Waals surface area (Å²) in [5, 5.41) is 3.54. The number of hydrogen-bond acceptors (Lipinski definition) is 2. The lowest BCUT2D eigenvalue weighted by Gasteiger charge is -2.06. The lowest BCUT2D eigenvalue weighted by Crippen LogP contribution is -2.17. The minimum Gasteiger partial charge on any atom is -0.494 e. The summed E-state index contributed by atoms with van der Waals surface area (Å²) in [7, 11) is 0. The number of benzene rings is 1. The molecule has 0 unspecified atom stereocenters. The van der Waals surface area contributed by atoms with Gasteiger partial charge in [-0.25, -0.2) is 0 Å². The van der Waals surface area contributed by atoms with Crippen LogP contribution in [0.2, 0.25) is 0 Å². The van der Waals surface area contributed by atoms with Crippen molar-refractivity contribution in [2.45, 2.75) is 45.1 Å². The maximum Gasteiger partial charge on any atom is 0.119 e. The van der Waals surface area contributed by atoms with Gasteiger partial charge in [-0.2, -0.15) is 0 Å². The molecule has 0 saturated heterocycles. The summed E-state index contributed by atoms with van der Waals surface area (Å²) in [6, 6.07) is 9.36. The van der Waals surface area contributed by atoms with Crippen molar-refractivity contribution in [3.05, 3.63) is 29.8 Å². The molecule has 0 atom stereocenters. The summed E-state index contributed by atoms with van der Waals surface area (Å²) in [6.07, 6.45) is 6.21. The van der Waals surface area contributed by atoms with Crippen LogP contribution in [0.5, 0.6) is 5.75 Å². The maximum atomic E-state index is 5.56. The van der Waals surface area contributed by atoms with E-state index < -0.39 is 0 Å². The van der Waals surface area contributed by atoms with Crippen LogP contribution in [0, 0.1) is 0 Å². The summed E-state index contributed by atoms with van der Waals surface area (Å²) in [5.74, 6) is 0.992. The molecule has 1 aliphatic rings. The van der Waals surface area contributed by atoms with Crippen LogP contribution in [-0.2, 0) is 6.42 Å². The van der Waals surface area contributed by atoms with Crippen molar-refractivity contribution in [3.63, 3.8) is 0 Å². The van der Waals surface area contributed by atoms with Crippen molar-refractivity contribution in [2.24, 2.45) is 0 Å². The largest absolute Gasteiger partial charge is 0.494 e. The van der Waals surface area contributed by atoms with Crippen molar-refractivity contribution in [2.75, 3.05) is 13.2 Å². The molecule has 2 nitrogen and oxygen atoms in total. The maximum absolute atomic E-state index is 5.56. The fourth-order valence-electron chi connectivity index (χ4n) is 1.86. The van der Waals surface area contributed by atoms with Crippen molar-refractivity contribution in [1.82, 2.24) is 5.32 Å². The van der Waals surface area contributed by atoms with E-state index in [0.717, 1.165) is 37.8 Å².